The van der Waals surface area contributed by atoms with Crippen molar-refractivity contribution >= 4 is 5.70 Å². The van der Waals surface area contributed by atoms with Crippen molar-refractivity contribution < 1.29 is 4.74 Å². The van der Waals surface area contributed by atoms with Crippen molar-refractivity contribution in [3.63, 3.8) is 0 Å². The Morgan fingerprint density at radius 3 is 2.68 bits per heavy atom. The van der Waals surface area contributed by atoms with Gasteiger partial charge < -0.3 is 15.9 Å². The molecule has 0 aliphatic heterocycles. The Morgan fingerprint density at radius 2 is 2.00 bits per heavy atom. The fourth-order valence-electron chi connectivity index (χ4n) is 2.02. The molecular weight excluding hydrogens is 276 g/mol. The molecule has 2 aromatic rings. The number of hydrogen-bond acceptors (Lipinski definition) is 5. The molecule has 112 valence electrons. The van der Waals surface area contributed by atoms with Crippen LogP contribution in [0.25, 0.3) is 5.70 Å². The molecule has 2 rings (SSSR count). The van der Waals surface area contributed by atoms with Crippen molar-refractivity contribution in [2.45, 2.75) is 13.5 Å². The minimum Gasteiger partial charge on any atom is -0.489 e. The molecule has 0 saturated carbocycles. The topological polar surface area (TPSA) is 97.1 Å². The molecule has 0 unspecified atom stereocenters. The first kappa shape index (κ1) is 15.4. The highest BCUT2D eigenvalue weighted by Gasteiger charge is 2.05. The first-order chi connectivity index (χ1) is 10.6. The standard InChI is InChI=1S/C17H18N4O/c1-12-4-2-7-15(8-12)22-11-13-5-3-6-14(9-13)17(19)16(10-18)21-20/h2-9,21H,11,19-20H2,1H3/b17-16-. The molecule has 0 fully saturated rings. The third-order valence-corrected chi connectivity index (χ3v) is 3.16. The van der Waals surface area contributed by atoms with Gasteiger partial charge in [0.05, 0.1) is 5.70 Å². The largest absolute Gasteiger partial charge is 0.489 e. The maximum Gasteiger partial charge on any atom is 0.151 e. The smallest absolute Gasteiger partial charge is 0.151 e. The molecule has 22 heavy (non-hydrogen) atoms. The Labute approximate surface area is 129 Å². The predicted octanol–water partition coefficient (Wildman–Crippen LogP) is 2.19. The van der Waals surface area contributed by atoms with E-state index >= 15 is 0 Å². The van der Waals surface area contributed by atoms with Gasteiger partial charge in [0.15, 0.2) is 5.70 Å². The number of nitriles is 1. The maximum atomic E-state index is 8.95. The Morgan fingerprint density at radius 1 is 1.23 bits per heavy atom. The molecule has 0 heterocycles. The highest BCUT2D eigenvalue weighted by Crippen LogP contribution is 2.17. The van der Waals surface area contributed by atoms with Crippen LogP contribution in [0.5, 0.6) is 5.75 Å². The molecule has 0 radical (unpaired) electrons. The molecule has 0 aliphatic rings. The van der Waals surface area contributed by atoms with E-state index in [-0.39, 0.29) is 5.70 Å². The van der Waals surface area contributed by atoms with Crippen LogP contribution < -0.4 is 21.7 Å². The average Bonchev–Trinajstić information content (AvgIpc) is 2.54. The van der Waals surface area contributed by atoms with Crippen LogP contribution in [-0.2, 0) is 6.61 Å². The van der Waals surface area contributed by atoms with E-state index in [2.05, 4.69) is 5.43 Å². The van der Waals surface area contributed by atoms with Crippen molar-refractivity contribution in [3.05, 3.63) is 70.9 Å². The lowest BCUT2D eigenvalue weighted by molar-refractivity contribution is 0.306. The number of benzene rings is 2. The zero-order valence-corrected chi connectivity index (χ0v) is 12.3. The third-order valence-electron chi connectivity index (χ3n) is 3.16. The SMILES string of the molecule is Cc1cccc(OCc2cccc(/C(N)=C(\C#N)NN)c2)c1. The van der Waals surface area contributed by atoms with Crippen molar-refractivity contribution in [3.8, 4) is 11.8 Å². The van der Waals surface area contributed by atoms with Crippen LogP contribution in [0.4, 0.5) is 0 Å². The molecule has 0 spiro atoms. The number of allylic oxidation sites excluding steroid dienone is 1. The van der Waals surface area contributed by atoms with Gasteiger partial charge in [-0.15, -0.1) is 0 Å². The number of nitrogens with zero attached hydrogens (tertiary/aromatic N) is 1. The summed E-state index contributed by atoms with van der Waals surface area (Å²) in [7, 11) is 0. The van der Waals surface area contributed by atoms with Crippen LogP contribution in [0.15, 0.2) is 54.2 Å². The minimum atomic E-state index is 0.136. The van der Waals surface area contributed by atoms with Crippen molar-refractivity contribution in [2.75, 3.05) is 0 Å². The normalized spacial score (nSPS) is 11.3. The first-order valence-corrected chi connectivity index (χ1v) is 6.79. The van der Waals surface area contributed by atoms with Gasteiger partial charge in [0, 0.05) is 5.56 Å². The molecule has 0 bridgehead atoms. The van der Waals surface area contributed by atoms with Gasteiger partial charge >= 0.3 is 0 Å². The third kappa shape index (κ3) is 3.78. The highest BCUT2D eigenvalue weighted by molar-refractivity contribution is 5.68. The van der Waals surface area contributed by atoms with Crippen molar-refractivity contribution in [1.29, 1.82) is 5.26 Å². The summed E-state index contributed by atoms with van der Waals surface area (Å²) in [4.78, 5) is 0. The lowest BCUT2D eigenvalue weighted by Crippen LogP contribution is -2.23. The van der Waals surface area contributed by atoms with E-state index in [1.165, 1.54) is 0 Å². The highest BCUT2D eigenvalue weighted by atomic mass is 16.5. The van der Waals surface area contributed by atoms with Crippen LogP contribution in [-0.4, -0.2) is 0 Å². The number of nitrogens with one attached hydrogen (secondary N) is 1. The van der Waals surface area contributed by atoms with E-state index in [1.807, 2.05) is 61.5 Å². The Bertz CT molecular complexity index is 731. The molecular formula is C17H18N4O. The number of rotatable bonds is 5. The van der Waals surface area contributed by atoms with Crippen molar-refractivity contribution in [1.82, 2.24) is 5.43 Å². The van der Waals surface area contributed by atoms with Gasteiger partial charge in [-0.25, -0.2) is 5.84 Å². The molecule has 5 nitrogen and oxygen atoms in total. The van der Waals surface area contributed by atoms with E-state index < -0.39 is 0 Å². The molecule has 0 aromatic heterocycles. The Hall–Kier alpha value is -2.97. The Kier molecular flexibility index (Phi) is 5.02. The summed E-state index contributed by atoms with van der Waals surface area (Å²) in [6, 6.07) is 17.3. The molecule has 0 saturated heterocycles. The molecule has 2 aromatic carbocycles. The number of ether oxygens (including phenoxy) is 1. The van der Waals surface area contributed by atoms with Gasteiger partial charge in [0.2, 0.25) is 0 Å². The van der Waals surface area contributed by atoms with E-state index in [0.29, 0.717) is 12.3 Å². The van der Waals surface area contributed by atoms with Crippen LogP contribution in [0.2, 0.25) is 0 Å². The summed E-state index contributed by atoms with van der Waals surface area (Å²) < 4.78 is 5.76. The first-order valence-electron chi connectivity index (χ1n) is 6.79. The molecule has 0 atom stereocenters. The second kappa shape index (κ2) is 7.16. The lowest BCUT2D eigenvalue weighted by atomic mass is 10.1. The van der Waals surface area contributed by atoms with Crippen LogP contribution in [0, 0.1) is 18.3 Å². The Balaban J connectivity index is 2.16. The fourth-order valence-corrected chi connectivity index (χ4v) is 2.02. The van der Waals surface area contributed by atoms with Crippen LogP contribution >= 0.6 is 0 Å². The van der Waals surface area contributed by atoms with Gasteiger partial charge in [-0.1, -0.05) is 30.3 Å². The maximum absolute atomic E-state index is 8.95. The zero-order chi connectivity index (χ0) is 15.9. The van der Waals surface area contributed by atoms with E-state index in [4.69, 9.17) is 21.6 Å². The van der Waals surface area contributed by atoms with Gasteiger partial charge in [-0.3, -0.25) is 0 Å². The summed E-state index contributed by atoms with van der Waals surface area (Å²) in [5, 5.41) is 8.95. The summed E-state index contributed by atoms with van der Waals surface area (Å²) in [6.45, 7) is 2.44. The predicted molar refractivity (Wildman–Crippen MR) is 86.0 cm³/mol. The van der Waals surface area contributed by atoms with Crippen LogP contribution in [0.3, 0.4) is 0 Å². The number of hydrazine groups is 1. The molecule has 5 N–H and O–H groups in total. The number of nitrogens with two attached hydrogens (primary N) is 2. The summed E-state index contributed by atoms with van der Waals surface area (Å²) in [5.74, 6) is 6.09. The van der Waals surface area contributed by atoms with E-state index in [0.717, 1.165) is 22.4 Å². The average molecular weight is 294 g/mol. The number of hydrogen-bond donors (Lipinski definition) is 3. The zero-order valence-electron chi connectivity index (χ0n) is 12.3. The van der Waals surface area contributed by atoms with Gasteiger partial charge in [0.25, 0.3) is 0 Å². The second-order valence-corrected chi connectivity index (χ2v) is 4.85. The van der Waals surface area contributed by atoms with Gasteiger partial charge in [-0.2, -0.15) is 5.26 Å². The van der Waals surface area contributed by atoms with E-state index in [9.17, 15) is 0 Å². The number of aryl methyl sites for hydroxylation is 1. The molecule has 5 heteroatoms. The summed E-state index contributed by atoms with van der Waals surface area (Å²) in [5.41, 5.74) is 11.5. The van der Waals surface area contributed by atoms with Gasteiger partial charge in [-0.05, 0) is 36.2 Å². The lowest BCUT2D eigenvalue weighted by Gasteiger charge is -2.09. The molecule has 0 amide bonds. The fraction of sp³-hybridized carbons (Fsp3) is 0.118. The quantitative estimate of drug-likeness (QED) is 0.446. The monoisotopic (exact) mass is 294 g/mol. The molecule has 0 aliphatic carbocycles. The summed E-state index contributed by atoms with van der Waals surface area (Å²) >= 11 is 0. The minimum absolute atomic E-state index is 0.136. The summed E-state index contributed by atoms with van der Waals surface area (Å²) in [6.07, 6.45) is 0. The van der Waals surface area contributed by atoms with Crippen molar-refractivity contribution in [2.24, 2.45) is 11.6 Å². The van der Waals surface area contributed by atoms with Gasteiger partial charge in [0.1, 0.15) is 18.4 Å². The second-order valence-electron chi connectivity index (χ2n) is 4.85. The van der Waals surface area contributed by atoms with E-state index in [1.54, 1.807) is 0 Å². The van der Waals surface area contributed by atoms with Crippen LogP contribution in [0.1, 0.15) is 16.7 Å².